The number of methoxy groups -OCH3 is 2. The number of piperazine rings is 1. The van der Waals surface area contributed by atoms with Crippen LogP contribution in [0.5, 0.6) is 0 Å². The molecule has 0 radical (unpaired) electrons. The molecule has 1 saturated carbocycles. The number of piperidine rings is 1. The first-order valence-corrected chi connectivity index (χ1v) is 32.6. The average molecular weight is 1270 g/mol. The number of ketones is 2. The minimum atomic E-state index is -2.47. The molecule has 2 aromatic heterocycles. The molecule has 24 nitrogen and oxygen atoms in total. The fourth-order valence-corrected chi connectivity index (χ4v) is 13.1. The van der Waals surface area contributed by atoms with Gasteiger partial charge in [0.15, 0.2) is 5.78 Å². The van der Waals surface area contributed by atoms with E-state index in [1.54, 1.807) is 60.4 Å². The number of nitrogens with zero attached hydrogens (tertiary/aromatic N) is 7. The van der Waals surface area contributed by atoms with Crippen LogP contribution in [-0.4, -0.2) is 195 Å². The number of cyclic esters (lactones) is 1. The molecule has 6 N–H and O–H groups in total. The Hall–Kier alpha value is -6.54. The maximum absolute atomic E-state index is 14.7. The lowest BCUT2D eigenvalue weighted by atomic mass is 9.78. The van der Waals surface area contributed by atoms with Gasteiger partial charge in [-0.2, -0.15) is 0 Å². The lowest BCUT2D eigenvalue weighted by Crippen LogP contribution is -2.61. The molecule has 0 unspecified atom stereocenters. The fourth-order valence-electron chi connectivity index (χ4n) is 13.1. The van der Waals surface area contributed by atoms with Gasteiger partial charge < -0.3 is 69.4 Å². The quantitative estimate of drug-likeness (QED) is 0.0817. The number of carbonyl (C=O) groups excluding carboxylic acids is 6. The summed E-state index contributed by atoms with van der Waals surface area (Å²) in [4.78, 5) is 106. The molecule has 24 heteroatoms. The minimum Gasteiger partial charge on any atom is -0.460 e. The van der Waals surface area contributed by atoms with Crippen LogP contribution in [0, 0.1) is 35.5 Å². The SMILES string of the molecule is CCNC(=O)c1cnc(N2CCN(c3ncc(CNC(=O)O[C@@H]4CC[C@@H](C[C@@H](C)[C@@H]5C[C@@H](O)[C@H](C)/C=C(\C)[C@@H](O)[C@@H](O)C(=O)[C@H](C)C[C@H](C)/C=C/C=C/C=C(\C)[C@@H](OC)C[C@@H]6CC[C@@H](C)[C@@](O)(O6)C(=O)C(=O)N6CCCC[C@H]6C(=O)O5)C[C@H]4OC)cn3)CC2)nc1. The Morgan fingerprint density at radius 2 is 1.43 bits per heavy atom. The number of hydrogen-bond donors (Lipinski definition) is 6. The van der Waals surface area contributed by atoms with Crippen molar-refractivity contribution in [1.29, 1.82) is 0 Å². The lowest BCUT2D eigenvalue weighted by Gasteiger charge is -2.43. The third kappa shape index (κ3) is 19.3. The second-order valence-corrected chi connectivity index (χ2v) is 25.8. The van der Waals surface area contributed by atoms with Crippen molar-refractivity contribution in [3.8, 4) is 0 Å². The van der Waals surface area contributed by atoms with E-state index < -0.39 is 114 Å². The van der Waals surface area contributed by atoms with Gasteiger partial charge in [-0.3, -0.25) is 19.2 Å². The number of Topliss-reactive ketones (excluding diaryl/α,β-unsaturated/α-hetero) is 2. The molecule has 16 atom stereocenters. The Bertz CT molecular complexity index is 2880. The number of hydrogen-bond acceptors (Lipinski definition) is 21. The summed E-state index contributed by atoms with van der Waals surface area (Å²) in [7, 11) is 3.12. The number of amides is 3. The highest BCUT2D eigenvalue weighted by Crippen LogP contribution is 2.38. The van der Waals surface area contributed by atoms with E-state index in [9.17, 15) is 49.2 Å². The number of anilines is 2. The van der Waals surface area contributed by atoms with Crippen LogP contribution in [0.1, 0.15) is 148 Å². The van der Waals surface area contributed by atoms with Crippen molar-refractivity contribution < 1.29 is 72.9 Å². The zero-order valence-electron chi connectivity index (χ0n) is 54.8. The van der Waals surface area contributed by atoms with Gasteiger partial charge in [-0.1, -0.05) is 71.1 Å². The third-order valence-corrected chi connectivity index (χ3v) is 18.9. The van der Waals surface area contributed by atoms with E-state index in [-0.39, 0.29) is 55.7 Å². The van der Waals surface area contributed by atoms with Crippen LogP contribution in [0.15, 0.2) is 72.4 Å². The molecule has 4 fully saturated rings. The van der Waals surface area contributed by atoms with Crippen molar-refractivity contribution in [3.63, 3.8) is 0 Å². The molecule has 1 aliphatic carbocycles. The molecule has 0 aromatic carbocycles. The lowest BCUT2D eigenvalue weighted by molar-refractivity contribution is -0.265. The number of ether oxygens (including phenoxy) is 5. The van der Waals surface area contributed by atoms with E-state index in [0.29, 0.717) is 114 Å². The normalized spacial score (nSPS) is 33.8. The highest BCUT2D eigenvalue weighted by Gasteiger charge is 2.53. The Morgan fingerprint density at radius 3 is 2.08 bits per heavy atom. The first-order valence-electron chi connectivity index (χ1n) is 32.6. The highest BCUT2D eigenvalue weighted by atomic mass is 16.6. The summed E-state index contributed by atoms with van der Waals surface area (Å²) in [5.74, 6) is -7.59. The van der Waals surface area contributed by atoms with Crippen molar-refractivity contribution >= 4 is 47.3 Å². The van der Waals surface area contributed by atoms with E-state index >= 15 is 0 Å². The van der Waals surface area contributed by atoms with Gasteiger partial charge in [0.2, 0.25) is 17.7 Å². The number of aliphatic hydroxyl groups excluding tert-OH is 3. The molecule has 502 valence electrons. The number of alkyl carbamates (subject to hydrolysis) is 1. The van der Waals surface area contributed by atoms with Gasteiger partial charge >= 0.3 is 12.1 Å². The van der Waals surface area contributed by atoms with Crippen molar-refractivity contribution in [2.75, 3.05) is 63.3 Å². The minimum absolute atomic E-state index is 0.00891. The van der Waals surface area contributed by atoms with E-state index in [4.69, 9.17) is 23.7 Å². The summed E-state index contributed by atoms with van der Waals surface area (Å²) in [6.07, 6.45) is 14.0. The first kappa shape index (κ1) is 71.9. The molecular weight excluding hydrogens is 1170 g/mol. The molecule has 7 rings (SSSR count). The summed E-state index contributed by atoms with van der Waals surface area (Å²) < 4.78 is 30.4. The third-order valence-electron chi connectivity index (χ3n) is 18.9. The Kier molecular flexibility index (Phi) is 26.8. The Labute approximate surface area is 535 Å². The van der Waals surface area contributed by atoms with Gasteiger partial charge in [0, 0.05) is 121 Å². The summed E-state index contributed by atoms with van der Waals surface area (Å²) in [6, 6.07) is -1.19. The molecular formula is C67H99N9O15. The maximum Gasteiger partial charge on any atom is 0.407 e. The number of allylic oxidation sites excluding steroid dienone is 5. The number of rotatable bonds is 12. The largest absolute Gasteiger partial charge is 0.460 e. The topological polar surface area (TPSA) is 315 Å². The summed E-state index contributed by atoms with van der Waals surface area (Å²) in [5.41, 5.74) is 2.19. The number of aliphatic hydroxyl groups is 4. The second-order valence-electron chi connectivity index (χ2n) is 25.8. The summed E-state index contributed by atoms with van der Waals surface area (Å²) in [6.45, 7) is 17.5. The van der Waals surface area contributed by atoms with Crippen molar-refractivity contribution in [2.45, 2.75) is 200 Å². The monoisotopic (exact) mass is 1270 g/mol. The van der Waals surface area contributed by atoms with Crippen LogP contribution in [0.4, 0.5) is 16.7 Å². The maximum atomic E-state index is 14.7. The fraction of sp³-hybridized carbons (Fsp3) is 0.672. The zero-order chi connectivity index (χ0) is 66.1. The van der Waals surface area contributed by atoms with E-state index in [1.165, 1.54) is 17.3 Å². The van der Waals surface area contributed by atoms with Gasteiger partial charge in [-0.05, 0) is 114 Å². The number of esters is 1. The summed E-state index contributed by atoms with van der Waals surface area (Å²) >= 11 is 0. The van der Waals surface area contributed by atoms with E-state index in [1.807, 2.05) is 67.9 Å². The summed E-state index contributed by atoms with van der Waals surface area (Å²) in [5, 5.41) is 52.2. The smallest absolute Gasteiger partial charge is 0.407 e. The second kappa shape index (κ2) is 33.9. The highest BCUT2D eigenvalue weighted by molar-refractivity contribution is 6.39. The zero-order valence-corrected chi connectivity index (χ0v) is 54.8. The van der Waals surface area contributed by atoms with Crippen LogP contribution < -0.4 is 20.4 Å². The van der Waals surface area contributed by atoms with Gasteiger partial charge in [0.05, 0.1) is 30.0 Å². The predicted octanol–water partition coefficient (Wildman–Crippen LogP) is 5.91. The molecule has 4 aliphatic heterocycles. The molecule has 0 spiro atoms. The van der Waals surface area contributed by atoms with Gasteiger partial charge in [0.1, 0.15) is 30.5 Å². The van der Waals surface area contributed by atoms with Crippen LogP contribution >= 0.6 is 0 Å². The Morgan fingerprint density at radius 1 is 0.758 bits per heavy atom. The molecule has 6 heterocycles. The molecule has 2 bridgehead atoms. The van der Waals surface area contributed by atoms with E-state index in [2.05, 4.69) is 30.6 Å². The number of carbonyl (C=O) groups is 6. The van der Waals surface area contributed by atoms with Gasteiger partial charge in [-0.15, -0.1) is 0 Å². The van der Waals surface area contributed by atoms with Crippen molar-refractivity contribution in [2.24, 2.45) is 35.5 Å². The van der Waals surface area contributed by atoms with Gasteiger partial charge in [0.25, 0.3) is 17.6 Å². The van der Waals surface area contributed by atoms with Gasteiger partial charge in [-0.25, -0.2) is 29.5 Å². The molecule has 5 aliphatic rings. The van der Waals surface area contributed by atoms with Crippen LogP contribution in [0.2, 0.25) is 0 Å². The van der Waals surface area contributed by atoms with E-state index in [0.717, 1.165) is 5.57 Å². The number of aromatic nitrogens is 4. The molecule has 3 saturated heterocycles. The van der Waals surface area contributed by atoms with Crippen molar-refractivity contribution in [3.05, 3.63) is 83.5 Å². The van der Waals surface area contributed by atoms with Crippen LogP contribution in [0.25, 0.3) is 0 Å². The van der Waals surface area contributed by atoms with Crippen molar-refractivity contribution in [1.82, 2.24) is 35.5 Å². The average Bonchev–Trinajstić information content (AvgIpc) is 0.859. The van der Waals surface area contributed by atoms with Crippen LogP contribution in [-0.2, 0) is 49.4 Å². The molecule has 3 amide bonds. The first-order chi connectivity index (χ1) is 43.4. The predicted molar refractivity (Wildman–Crippen MR) is 339 cm³/mol. The standard InChI is InChI=1S/C67H99N9O15/c1-11-68-61(82)49-38-71-65(72-39-49)75-27-25-74(26-28-75)64-69-35-48(36-70-64)37-73-66(85)90-53-23-21-47(32-56(53)88-10)31-43(5)55-34-52(77)42(4)30-45(7)58(79)59(80)57(78)44(6)29-40(2)17-13-12-14-18-41(3)54(87-9)33-50-22-20-46(8)67(86,91-50)60(81)62(83)76-24-16-15-19-51(76)63(84)89-55/h12-14,17-18,30,35-36,38-40,42-44,46-47,50-56,58-59,77,79-80,86H,11,15-16,19-29,31-34,37H2,1-10H3,(H,68,82)(H,73,85)/b14-12+,17-13+,41-18+,45-30+/t40-,42-,43-,44-,46-,47+,50+,51+,52-,53-,54+,55+,56-,58-,59+,67-/m1/s1. The Balaban J connectivity index is 1.01. The molecule has 2 aromatic rings. The number of fused-ring (bicyclic) bond motifs is 3. The van der Waals surface area contributed by atoms with Crippen LogP contribution in [0.3, 0.4) is 0 Å². The molecule has 91 heavy (non-hydrogen) atoms. The number of nitrogens with one attached hydrogen (secondary N) is 2.